The van der Waals surface area contributed by atoms with Crippen molar-refractivity contribution in [1.29, 1.82) is 0 Å². The average Bonchev–Trinajstić information content (AvgIpc) is 3.41. The van der Waals surface area contributed by atoms with E-state index in [9.17, 15) is 0 Å². The minimum atomic E-state index is 0.458. The smallest absolute Gasteiger partial charge is 0.288 e. The van der Waals surface area contributed by atoms with Gasteiger partial charge in [0.05, 0.1) is 20.2 Å². The van der Waals surface area contributed by atoms with Crippen LogP contribution in [0.5, 0.6) is 5.75 Å². The predicted octanol–water partition coefficient (Wildman–Crippen LogP) is 4.42. The summed E-state index contributed by atoms with van der Waals surface area (Å²) in [6, 6.07) is 9.20. The highest BCUT2D eigenvalue weighted by molar-refractivity contribution is 7.71. The Morgan fingerprint density at radius 1 is 1.28 bits per heavy atom. The molecule has 0 atom stereocenters. The Bertz CT molecular complexity index is 730. The van der Waals surface area contributed by atoms with Crippen molar-refractivity contribution in [3.63, 3.8) is 0 Å². The predicted molar refractivity (Wildman–Crippen MR) is 100 cm³/mol. The minimum absolute atomic E-state index is 0.458. The van der Waals surface area contributed by atoms with E-state index >= 15 is 0 Å². The molecule has 0 aliphatic heterocycles. The van der Waals surface area contributed by atoms with Gasteiger partial charge in [0.2, 0.25) is 5.89 Å². The molecule has 0 saturated heterocycles. The van der Waals surface area contributed by atoms with Crippen LogP contribution in [0.15, 0.2) is 28.7 Å². The van der Waals surface area contributed by atoms with Crippen molar-refractivity contribution >= 4 is 12.2 Å². The molecule has 0 spiro atoms. The fourth-order valence-electron chi connectivity index (χ4n) is 3.28. The lowest BCUT2D eigenvalue weighted by Crippen LogP contribution is -2.38. The zero-order valence-corrected chi connectivity index (χ0v) is 16.1. The van der Waals surface area contributed by atoms with Crippen LogP contribution in [0.4, 0.5) is 0 Å². The van der Waals surface area contributed by atoms with Crippen LogP contribution in [0.25, 0.3) is 0 Å². The Morgan fingerprint density at radius 2 is 1.96 bits per heavy atom. The summed E-state index contributed by atoms with van der Waals surface area (Å²) >= 11 is 5.40. The average molecular weight is 362 g/mol. The molecular weight excluding hydrogens is 334 g/mol. The Kier molecular flexibility index (Phi) is 5.91. The van der Waals surface area contributed by atoms with Crippen molar-refractivity contribution in [3.05, 3.63) is 40.6 Å². The van der Waals surface area contributed by atoms with Gasteiger partial charge in [-0.25, -0.2) is 4.68 Å². The molecular formula is C19H27N3O2S. The molecule has 1 aromatic carbocycles. The third-order valence-corrected chi connectivity index (χ3v) is 5.18. The molecule has 0 unspecified atom stereocenters. The molecule has 1 saturated carbocycles. The van der Waals surface area contributed by atoms with Gasteiger partial charge in [0, 0.05) is 12.1 Å². The second-order valence-corrected chi connectivity index (χ2v) is 6.99. The highest BCUT2D eigenvalue weighted by Crippen LogP contribution is 2.31. The molecule has 5 nitrogen and oxygen atoms in total. The summed E-state index contributed by atoms with van der Waals surface area (Å²) < 4.78 is 12.8. The molecule has 0 bridgehead atoms. The monoisotopic (exact) mass is 361 g/mol. The maximum atomic E-state index is 5.73. The van der Waals surface area contributed by atoms with E-state index in [1.54, 1.807) is 7.11 Å². The SMILES string of the molecule is CCC(CC)N(Cn1nc(Cc2ccc(OC)cc2)oc1=S)C1CC1. The summed E-state index contributed by atoms with van der Waals surface area (Å²) in [7, 11) is 1.67. The van der Waals surface area contributed by atoms with Gasteiger partial charge in [-0.1, -0.05) is 26.0 Å². The van der Waals surface area contributed by atoms with Crippen LogP contribution >= 0.6 is 12.2 Å². The molecule has 1 aliphatic carbocycles. The molecule has 0 N–H and O–H groups in total. The third-order valence-electron chi connectivity index (χ3n) is 4.89. The van der Waals surface area contributed by atoms with Crippen LogP contribution in [0.2, 0.25) is 0 Å². The van der Waals surface area contributed by atoms with Crippen molar-refractivity contribution in [2.24, 2.45) is 0 Å². The van der Waals surface area contributed by atoms with Gasteiger partial charge >= 0.3 is 0 Å². The number of ether oxygens (including phenoxy) is 1. The van der Waals surface area contributed by atoms with E-state index in [1.165, 1.54) is 12.8 Å². The first kappa shape index (κ1) is 18.1. The van der Waals surface area contributed by atoms with Gasteiger partial charge in [-0.05, 0) is 55.6 Å². The molecule has 136 valence electrons. The molecule has 0 radical (unpaired) electrons. The normalized spacial score (nSPS) is 14.4. The van der Waals surface area contributed by atoms with Crippen LogP contribution in [0.3, 0.4) is 0 Å². The van der Waals surface area contributed by atoms with E-state index in [4.69, 9.17) is 21.4 Å². The number of aromatic nitrogens is 2. The van der Waals surface area contributed by atoms with Gasteiger partial charge < -0.3 is 9.15 Å². The maximum absolute atomic E-state index is 5.73. The molecule has 3 rings (SSSR count). The quantitative estimate of drug-likeness (QED) is 0.619. The number of rotatable bonds is 9. The van der Waals surface area contributed by atoms with E-state index in [-0.39, 0.29) is 0 Å². The topological polar surface area (TPSA) is 43.4 Å². The molecule has 1 fully saturated rings. The molecule has 25 heavy (non-hydrogen) atoms. The summed E-state index contributed by atoms with van der Waals surface area (Å²) in [6.45, 7) is 5.23. The third kappa shape index (κ3) is 4.50. The second-order valence-electron chi connectivity index (χ2n) is 6.64. The number of benzene rings is 1. The fourth-order valence-corrected chi connectivity index (χ4v) is 3.47. The summed E-state index contributed by atoms with van der Waals surface area (Å²) in [5.74, 6) is 1.51. The van der Waals surface area contributed by atoms with E-state index < -0.39 is 0 Å². The Balaban J connectivity index is 1.71. The van der Waals surface area contributed by atoms with Crippen LogP contribution in [0.1, 0.15) is 51.0 Å². The van der Waals surface area contributed by atoms with Crippen LogP contribution in [-0.2, 0) is 13.1 Å². The largest absolute Gasteiger partial charge is 0.497 e. The van der Waals surface area contributed by atoms with E-state index in [2.05, 4.69) is 23.8 Å². The van der Waals surface area contributed by atoms with Crippen LogP contribution in [-0.4, -0.2) is 33.9 Å². The molecule has 2 aromatic rings. The zero-order valence-electron chi connectivity index (χ0n) is 15.3. The first-order valence-corrected chi connectivity index (χ1v) is 9.50. The number of hydrogen-bond donors (Lipinski definition) is 0. The van der Waals surface area contributed by atoms with E-state index in [0.29, 0.717) is 29.2 Å². The van der Waals surface area contributed by atoms with Gasteiger partial charge in [0.25, 0.3) is 4.84 Å². The highest BCUT2D eigenvalue weighted by Gasteiger charge is 2.33. The lowest BCUT2D eigenvalue weighted by Gasteiger charge is -2.29. The standard InChI is InChI=1S/C19H27N3O2S/c1-4-15(5-2)21(16-8-9-16)13-22-19(25)24-18(20-22)12-14-6-10-17(23-3)11-7-14/h6-7,10-11,15-16H,4-5,8-9,12-13H2,1-3H3. The Hall–Kier alpha value is -1.66. The maximum Gasteiger partial charge on any atom is 0.288 e. The first-order valence-electron chi connectivity index (χ1n) is 9.10. The molecule has 6 heteroatoms. The van der Waals surface area contributed by atoms with Gasteiger partial charge in [-0.15, -0.1) is 5.10 Å². The van der Waals surface area contributed by atoms with E-state index in [0.717, 1.165) is 30.8 Å². The summed E-state index contributed by atoms with van der Waals surface area (Å²) in [5, 5.41) is 4.62. The highest BCUT2D eigenvalue weighted by atomic mass is 32.1. The lowest BCUT2D eigenvalue weighted by molar-refractivity contribution is 0.123. The first-order chi connectivity index (χ1) is 12.1. The van der Waals surface area contributed by atoms with Crippen LogP contribution in [0, 0.1) is 4.84 Å². The summed E-state index contributed by atoms with van der Waals surface area (Å²) in [5.41, 5.74) is 1.13. The van der Waals surface area contributed by atoms with Gasteiger partial charge in [-0.3, -0.25) is 4.90 Å². The van der Waals surface area contributed by atoms with Crippen molar-refractivity contribution in [3.8, 4) is 5.75 Å². The van der Waals surface area contributed by atoms with Crippen molar-refractivity contribution in [2.45, 2.75) is 64.7 Å². The minimum Gasteiger partial charge on any atom is -0.497 e. The van der Waals surface area contributed by atoms with Crippen molar-refractivity contribution < 1.29 is 9.15 Å². The van der Waals surface area contributed by atoms with E-state index in [1.807, 2.05) is 28.9 Å². The van der Waals surface area contributed by atoms with Gasteiger partial charge in [0.1, 0.15) is 5.75 Å². The molecule has 1 heterocycles. The zero-order chi connectivity index (χ0) is 17.8. The summed E-state index contributed by atoms with van der Waals surface area (Å²) in [6.07, 6.45) is 5.49. The second kappa shape index (κ2) is 8.15. The number of methoxy groups -OCH3 is 1. The van der Waals surface area contributed by atoms with Gasteiger partial charge in [0.15, 0.2) is 0 Å². The van der Waals surface area contributed by atoms with Gasteiger partial charge in [-0.2, -0.15) is 0 Å². The van der Waals surface area contributed by atoms with Crippen LogP contribution < -0.4 is 4.74 Å². The fraction of sp³-hybridized carbons (Fsp3) is 0.579. The lowest BCUT2D eigenvalue weighted by atomic mass is 10.1. The molecule has 0 amide bonds. The Labute approximate surface area is 154 Å². The summed E-state index contributed by atoms with van der Waals surface area (Å²) in [4.78, 5) is 3.00. The number of nitrogens with zero attached hydrogens (tertiary/aromatic N) is 3. The molecule has 1 aromatic heterocycles. The molecule has 1 aliphatic rings. The Morgan fingerprint density at radius 3 is 2.52 bits per heavy atom. The van der Waals surface area contributed by atoms with Crippen molar-refractivity contribution in [1.82, 2.24) is 14.7 Å². The number of hydrogen-bond acceptors (Lipinski definition) is 5. The van der Waals surface area contributed by atoms with Crippen molar-refractivity contribution in [2.75, 3.05) is 7.11 Å².